The summed E-state index contributed by atoms with van der Waals surface area (Å²) in [5.41, 5.74) is 1.24. The summed E-state index contributed by atoms with van der Waals surface area (Å²) in [5.74, 6) is 1.81. The molecule has 1 atom stereocenters. The van der Waals surface area contributed by atoms with Crippen LogP contribution in [0.25, 0.3) is 0 Å². The highest BCUT2D eigenvalue weighted by Gasteiger charge is 2.27. The van der Waals surface area contributed by atoms with Crippen LogP contribution in [-0.2, 0) is 11.3 Å². The molecule has 130 valence electrons. The highest BCUT2D eigenvalue weighted by molar-refractivity contribution is 5.13. The van der Waals surface area contributed by atoms with Crippen LogP contribution in [0.5, 0.6) is 0 Å². The number of benzene rings is 1. The molecule has 24 heavy (non-hydrogen) atoms. The van der Waals surface area contributed by atoms with Crippen molar-refractivity contribution in [3.8, 4) is 0 Å². The van der Waals surface area contributed by atoms with Gasteiger partial charge in [0.15, 0.2) is 5.82 Å². The average molecular weight is 329 g/mol. The van der Waals surface area contributed by atoms with E-state index in [1.165, 1.54) is 5.56 Å². The van der Waals surface area contributed by atoms with E-state index in [2.05, 4.69) is 60.1 Å². The third kappa shape index (κ3) is 4.22. The van der Waals surface area contributed by atoms with Crippen molar-refractivity contribution in [1.29, 1.82) is 0 Å². The van der Waals surface area contributed by atoms with Crippen LogP contribution in [0.1, 0.15) is 62.9 Å². The van der Waals surface area contributed by atoms with E-state index in [0.29, 0.717) is 18.6 Å². The second-order valence-electron chi connectivity index (χ2n) is 6.85. The number of hydrogen-bond donors (Lipinski definition) is 0. The molecule has 1 aromatic heterocycles. The van der Waals surface area contributed by atoms with Gasteiger partial charge in [0, 0.05) is 19.0 Å². The van der Waals surface area contributed by atoms with Gasteiger partial charge >= 0.3 is 0 Å². The predicted octanol–water partition coefficient (Wildman–Crippen LogP) is 3.94. The lowest BCUT2D eigenvalue weighted by molar-refractivity contribution is -0.0124. The van der Waals surface area contributed by atoms with Crippen molar-refractivity contribution in [2.24, 2.45) is 0 Å². The molecule has 0 N–H and O–H groups in total. The highest BCUT2D eigenvalue weighted by Crippen LogP contribution is 2.25. The van der Waals surface area contributed by atoms with Crippen LogP contribution in [0.2, 0.25) is 0 Å². The number of aromatic nitrogens is 2. The van der Waals surface area contributed by atoms with Gasteiger partial charge in [0.05, 0.1) is 18.8 Å². The first-order valence-corrected chi connectivity index (χ1v) is 8.86. The SMILES string of the molecule is CC(C)c1noc([C@@H](C)N2CCC(OCc3ccccc3)CC2)n1. The van der Waals surface area contributed by atoms with Crippen LogP contribution in [0.15, 0.2) is 34.9 Å². The lowest BCUT2D eigenvalue weighted by Crippen LogP contribution is -2.38. The van der Waals surface area contributed by atoms with Crippen LogP contribution >= 0.6 is 0 Å². The average Bonchev–Trinajstić information content (AvgIpc) is 3.11. The Bertz CT molecular complexity index is 619. The number of hydrogen-bond acceptors (Lipinski definition) is 5. The zero-order chi connectivity index (χ0) is 16.9. The smallest absolute Gasteiger partial charge is 0.243 e. The quantitative estimate of drug-likeness (QED) is 0.803. The molecule has 5 nitrogen and oxygen atoms in total. The Morgan fingerprint density at radius 3 is 2.50 bits per heavy atom. The van der Waals surface area contributed by atoms with Gasteiger partial charge in [-0.1, -0.05) is 49.3 Å². The fourth-order valence-electron chi connectivity index (χ4n) is 3.03. The lowest BCUT2D eigenvalue weighted by atomic mass is 10.1. The Hall–Kier alpha value is -1.72. The monoisotopic (exact) mass is 329 g/mol. The molecule has 0 bridgehead atoms. The minimum absolute atomic E-state index is 0.167. The van der Waals surface area contributed by atoms with E-state index < -0.39 is 0 Å². The van der Waals surface area contributed by atoms with Gasteiger partial charge in [-0.25, -0.2) is 0 Å². The van der Waals surface area contributed by atoms with Crippen molar-refractivity contribution in [1.82, 2.24) is 15.0 Å². The molecule has 0 aliphatic carbocycles. The van der Waals surface area contributed by atoms with Crippen molar-refractivity contribution in [2.45, 2.75) is 58.3 Å². The summed E-state index contributed by atoms with van der Waals surface area (Å²) in [4.78, 5) is 6.93. The van der Waals surface area contributed by atoms with Crippen molar-refractivity contribution in [3.63, 3.8) is 0 Å². The fourth-order valence-corrected chi connectivity index (χ4v) is 3.03. The number of ether oxygens (including phenoxy) is 1. The summed E-state index contributed by atoms with van der Waals surface area (Å²) >= 11 is 0. The van der Waals surface area contributed by atoms with Crippen molar-refractivity contribution >= 4 is 0 Å². The molecule has 0 unspecified atom stereocenters. The van der Waals surface area contributed by atoms with Gasteiger partial charge in [-0.05, 0) is 25.3 Å². The van der Waals surface area contributed by atoms with E-state index in [4.69, 9.17) is 9.26 Å². The molecule has 0 saturated carbocycles. The maximum absolute atomic E-state index is 6.06. The Kier molecular flexibility index (Phi) is 5.63. The standard InChI is InChI=1S/C19H27N3O2/c1-14(2)18-20-19(24-21-18)15(3)22-11-9-17(10-12-22)23-13-16-7-5-4-6-8-16/h4-8,14-15,17H,9-13H2,1-3H3/t15-/m1/s1. The van der Waals surface area contributed by atoms with Crippen LogP contribution < -0.4 is 0 Å². The van der Waals surface area contributed by atoms with Gasteiger partial charge in [-0.2, -0.15) is 4.98 Å². The third-order valence-corrected chi connectivity index (χ3v) is 4.68. The largest absolute Gasteiger partial charge is 0.373 e. The molecule has 0 radical (unpaired) electrons. The summed E-state index contributed by atoms with van der Waals surface area (Å²) in [5, 5.41) is 4.07. The Morgan fingerprint density at radius 1 is 1.17 bits per heavy atom. The zero-order valence-corrected chi connectivity index (χ0v) is 14.8. The van der Waals surface area contributed by atoms with Gasteiger partial charge < -0.3 is 9.26 Å². The maximum atomic E-state index is 6.06. The summed E-state index contributed by atoms with van der Waals surface area (Å²) in [6.07, 6.45) is 2.42. The fraction of sp³-hybridized carbons (Fsp3) is 0.579. The molecule has 1 saturated heterocycles. The first-order valence-electron chi connectivity index (χ1n) is 8.86. The molecule has 2 heterocycles. The van der Waals surface area contributed by atoms with Gasteiger partial charge in [-0.15, -0.1) is 0 Å². The first kappa shape index (κ1) is 17.1. The Balaban J connectivity index is 1.47. The van der Waals surface area contributed by atoms with Crippen LogP contribution in [0.3, 0.4) is 0 Å². The minimum Gasteiger partial charge on any atom is -0.373 e. The first-order chi connectivity index (χ1) is 11.6. The van der Waals surface area contributed by atoms with E-state index in [1.807, 2.05) is 6.07 Å². The van der Waals surface area contributed by atoms with Gasteiger partial charge in [0.2, 0.25) is 5.89 Å². The second-order valence-corrected chi connectivity index (χ2v) is 6.85. The van der Waals surface area contributed by atoms with Crippen LogP contribution in [-0.4, -0.2) is 34.2 Å². The molecule has 1 aliphatic heterocycles. The summed E-state index contributed by atoms with van der Waals surface area (Å²) < 4.78 is 11.5. The Morgan fingerprint density at radius 2 is 1.88 bits per heavy atom. The topological polar surface area (TPSA) is 51.4 Å². The molecule has 0 amide bonds. The Labute approximate surface area is 144 Å². The second kappa shape index (κ2) is 7.90. The van der Waals surface area contributed by atoms with E-state index in [1.54, 1.807) is 0 Å². The molecule has 1 fully saturated rings. The van der Waals surface area contributed by atoms with Crippen molar-refractivity contribution < 1.29 is 9.26 Å². The molecule has 2 aromatic rings. The predicted molar refractivity (Wildman–Crippen MR) is 92.6 cm³/mol. The highest BCUT2D eigenvalue weighted by atomic mass is 16.5. The van der Waals surface area contributed by atoms with E-state index >= 15 is 0 Å². The zero-order valence-electron chi connectivity index (χ0n) is 14.8. The summed E-state index contributed by atoms with van der Waals surface area (Å²) in [6, 6.07) is 10.5. The number of likely N-dealkylation sites (tertiary alicyclic amines) is 1. The van der Waals surface area contributed by atoms with Gasteiger partial charge in [0.25, 0.3) is 0 Å². The normalized spacial score (nSPS) is 18.2. The molecule has 1 aliphatic rings. The molecular weight excluding hydrogens is 302 g/mol. The number of piperidine rings is 1. The molecule has 1 aromatic carbocycles. The number of nitrogens with zero attached hydrogens (tertiary/aromatic N) is 3. The van der Waals surface area contributed by atoms with Gasteiger partial charge in [0.1, 0.15) is 0 Å². The van der Waals surface area contributed by atoms with E-state index in [9.17, 15) is 0 Å². The molecular formula is C19H27N3O2. The molecule has 5 heteroatoms. The maximum Gasteiger partial charge on any atom is 0.243 e. The summed E-state index contributed by atoms with van der Waals surface area (Å²) in [6.45, 7) is 9.00. The third-order valence-electron chi connectivity index (χ3n) is 4.68. The van der Waals surface area contributed by atoms with Crippen LogP contribution in [0, 0.1) is 0 Å². The van der Waals surface area contributed by atoms with Gasteiger partial charge in [-0.3, -0.25) is 4.90 Å². The van der Waals surface area contributed by atoms with E-state index in [-0.39, 0.29) is 6.04 Å². The lowest BCUT2D eigenvalue weighted by Gasteiger charge is -2.34. The van der Waals surface area contributed by atoms with Crippen molar-refractivity contribution in [3.05, 3.63) is 47.6 Å². The molecule has 3 rings (SSSR count). The number of rotatable bonds is 6. The molecule has 0 spiro atoms. The minimum atomic E-state index is 0.167. The van der Waals surface area contributed by atoms with Crippen molar-refractivity contribution in [2.75, 3.05) is 13.1 Å². The summed E-state index contributed by atoms with van der Waals surface area (Å²) in [7, 11) is 0. The van der Waals surface area contributed by atoms with E-state index in [0.717, 1.165) is 37.6 Å². The van der Waals surface area contributed by atoms with Crippen LogP contribution in [0.4, 0.5) is 0 Å².